The van der Waals surface area contributed by atoms with Crippen molar-refractivity contribution in [2.24, 2.45) is 23.5 Å². The lowest BCUT2D eigenvalue weighted by molar-refractivity contribution is -0.143. The average Bonchev–Trinajstić information content (AvgIpc) is 2.44. The van der Waals surface area contributed by atoms with E-state index in [0.717, 1.165) is 6.42 Å². The molecule has 0 radical (unpaired) electrons. The van der Waals surface area contributed by atoms with Gasteiger partial charge in [0.05, 0.1) is 5.92 Å². The lowest BCUT2D eigenvalue weighted by Gasteiger charge is -2.19. The summed E-state index contributed by atoms with van der Waals surface area (Å²) in [6.45, 7) is 0. The highest BCUT2D eigenvalue weighted by Crippen LogP contribution is 2.42. The van der Waals surface area contributed by atoms with Gasteiger partial charge < -0.3 is 10.8 Å². The van der Waals surface area contributed by atoms with Crippen LogP contribution in [0.5, 0.6) is 0 Å². The number of carbonyl (C=O) groups is 1. The molecular weight excluding hydrogens is 142 g/mol. The van der Waals surface area contributed by atoms with Crippen molar-refractivity contribution in [1.29, 1.82) is 0 Å². The highest BCUT2D eigenvalue weighted by Gasteiger charge is 2.46. The predicted octanol–water partition coefficient (Wildman–Crippen LogP) is 0.220. The fourth-order valence-electron chi connectivity index (χ4n) is 2.21. The summed E-state index contributed by atoms with van der Waals surface area (Å²) in [7, 11) is 0. The Balaban J connectivity index is 2.25. The first-order valence-electron chi connectivity index (χ1n) is 3.87. The van der Waals surface area contributed by atoms with Gasteiger partial charge in [-0.1, -0.05) is 12.2 Å². The molecule has 3 N–H and O–H groups in total. The molecule has 4 atom stereocenters. The first kappa shape index (κ1) is 6.85. The van der Waals surface area contributed by atoms with E-state index in [1.54, 1.807) is 0 Å². The molecule has 11 heavy (non-hydrogen) atoms. The minimum atomic E-state index is -0.741. The Kier molecular flexibility index (Phi) is 1.29. The molecule has 2 rings (SSSR count). The molecule has 2 bridgehead atoms. The summed E-state index contributed by atoms with van der Waals surface area (Å²) in [5, 5.41) is 8.79. The number of rotatable bonds is 1. The Hall–Kier alpha value is -0.830. The van der Waals surface area contributed by atoms with Gasteiger partial charge in [-0.25, -0.2) is 0 Å². The topological polar surface area (TPSA) is 63.3 Å². The van der Waals surface area contributed by atoms with Crippen LogP contribution in [0.3, 0.4) is 0 Å². The lowest BCUT2D eigenvalue weighted by atomic mass is 9.90. The number of fused-ring (bicyclic) bond motifs is 2. The largest absolute Gasteiger partial charge is 0.481 e. The molecule has 2 unspecified atom stereocenters. The van der Waals surface area contributed by atoms with Crippen LogP contribution in [0.2, 0.25) is 0 Å². The first-order chi connectivity index (χ1) is 5.20. The third-order valence-corrected chi connectivity index (χ3v) is 2.81. The highest BCUT2D eigenvalue weighted by atomic mass is 16.4. The maximum Gasteiger partial charge on any atom is 0.308 e. The molecule has 2 aliphatic carbocycles. The third kappa shape index (κ3) is 0.807. The molecule has 3 heteroatoms. The fourth-order valence-corrected chi connectivity index (χ4v) is 2.21. The van der Waals surface area contributed by atoms with Crippen LogP contribution in [0.15, 0.2) is 12.2 Å². The van der Waals surface area contributed by atoms with Gasteiger partial charge in [0.15, 0.2) is 0 Å². The van der Waals surface area contributed by atoms with Crippen molar-refractivity contribution in [3.05, 3.63) is 12.2 Å². The highest BCUT2D eigenvalue weighted by molar-refractivity contribution is 5.72. The van der Waals surface area contributed by atoms with Crippen molar-refractivity contribution >= 4 is 5.97 Å². The molecule has 3 nitrogen and oxygen atoms in total. The van der Waals surface area contributed by atoms with Crippen molar-refractivity contribution in [1.82, 2.24) is 0 Å². The number of hydrogen-bond donors (Lipinski definition) is 2. The van der Waals surface area contributed by atoms with Crippen LogP contribution in [0, 0.1) is 17.8 Å². The van der Waals surface area contributed by atoms with Gasteiger partial charge in [-0.15, -0.1) is 0 Å². The summed E-state index contributed by atoms with van der Waals surface area (Å²) in [6.07, 6.45) is 4.99. The van der Waals surface area contributed by atoms with Crippen LogP contribution >= 0.6 is 0 Å². The van der Waals surface area contributed by atoms with Gasteiger partial charge in [0.25, 0.3) is 0 Å². The van der Waals surface area contributed by atoms with Crippen molar-refractivity contribution in [2.45, 2.75) is 12.5 Å². The zero-order valence-corrected chi connectivity index (χ0v) is 6.10. The number of nitrogens with two attached hydrogens (primary N) is 1. The molecule has 0 aromatic rings. The molecule has 60 valence electrons. The van der Waals surface area contributed by atoms with Crippen molar-refractivity contribution in [3.63, 3.8) is 0 Å². The number of hydrogen-bond acceptors (Lipinski definition) is 2. The fraction of sp³-hybridized carbons (Fsp3) is 0.625. The van der Waals surface area contributed by atoms with Gasteiger partial charge in [-0.05, 0) is 18.3 Å². The van der Waals surface area contributed by atoms with Crippen LogP contribution in [0.4, 0.5) is 0 Å². The Labute approximate surface area is 64.9 Å². The van der Waals surface area contributed by atoms with E-state index in [2.05, 4.69) is 6.08 Å². The van der Waals surface area contributed by atoms with Crippen LogP contribution in [0.1, 0.15) is 6.42 Å². The van der Waals surface area contributed by atoms with Gasteiger partial charge >= 0.3 is 5.97 Å². The molecule has 0 aromatic heterocycles. The van der Waals surface area contributed by atoms with Crippen molar-refractivity contribution in [3.8, 4) is 0 Å². The van der Waals surface area contributed by atoms with E-state index in [1.807, 2.05) is 6.08 Å². The summed E-state index contributed by atoms with van der Waals surface area (Å²) in [5.41, 5.74) is 5.73. The Bertz CT molecular complexity index is 224. The minimum Gasteiger partial charge on any atom is -0.481 e. The van der Waals surface area contributed by atoms with Gasteiger partial charge in [0.1, 0.15) is 0 Å². The van der Waals surface area contributed by atoms with Crippen LogP contribution in [0.25, 0.3) is 0 Å². The summed E-state index contributed by atoms with van der Waals surface area (Å²) >= 11 is 0. The Morgan fingerprint density at radius 1 is 1.45 bits per heavy atom. The van der Waals surface area contributed by atoms with Gasteiger partial charge in [-0.2, -0.15) is 0 Å². The van der Waals surface area contributed by atoms with E-state index in [9.17, 15) is 4.79 Å². The predicted molar refractivity (Wildman–Crippen MR) is 39.8 cm³/mol. The maximum absolute atomic E-state index is 10.7. The molecule has 0 aliphatic heterocycles. The van der Waals surface area contributed by atoms with Crippen LogP contribution < -0.4 is 5.73 Å². The smallest absolute Gasteiger partial charge is 0.308 e. The third-order valence-electron chi connectivity index (χ3n) is 2.81. The molecule has 0 aromatic carbocycles. The first-order valence-corrected chi connectivity index (χ1v) is 3.87. The summed E-state index contributed by atoms with van der Waals surface area (Å²) in [4.78, 5) is 10.7. The maximum atomic E-state index is 10.7. The van der Waals surface area contributed by atoms with Gasteiger partial charge in [0.2, 0.25) is 0 Å². The normalized spacial score (nSPS) is 46.6. The summed E-state index contributed by atoms with van der Waals surface area (Å²) < 4.78 is 0. The van der Waals surface area contributed by atoms with E-state index in [-0.39, 0.29) is 17.9 Å². The molecule has 0 heterocycles. The molecule has 1 fully saturated rings. The molecule has 0 spiro atoms. The zero-order valence-electron chi connectivity index (χ0n) is 6.10. The second kappa shape index (κ2) is 2.08. The van der Waals surface area contributed by atoms with Crippen LogP contribution in [-0.4, -0.2) is 17.1 Å². The summed E-state index contributed by atoms with van der Waals surface area (Å²) in [6, 6.07) is -0.150. The van der Waals surface area contributed by atoms with Gasteiger partial charge in [-0.3, -0.25) is 4.79 Å². The van der Waals surface area contributed by atoms with E-state index in [1.165, 1.54) is 0 Å². The van der Waals surface area contributed by atoms with Gasteiger partial charge in [0, 0.05) is 6.04 Å². The number of carboxylic acid groups (broad SMARTS) is 1. The molecule has 2 aliphatic rings. The molecule has 0 amide bonds. The number of aliphatic carboxylic acids is 1. The standard InChI is InChI=1S/C8H11NO2/c9-7-5-2-1-4(3-5)6(7)8(10)11/h1-2,4-7H,3,9H2,(H,10,11)/t4-,5+,6?,7?/m0/s1. The zero-order chi connectivity index (χ0) is 8.01. The second-order valence-electron chi connectivity index (χ2n) is 3.39. The number of allylic oxidation sites excluding steroid dienone is 1. The molecular formula is C8H11NO2. The van der Waals surface area contributed by atoms with E-state index in [4.69, 9.17) is 10.8 Å². The molecule has 0 saturated heterocycles. The Morgan fingerprint density at radius 2 is 2.09 bits per heavy atom. The van der Waals surface area contributed by atoms with E-state index >= 15 is 0 Å². The quantitative estimate of drug-likeness (QED) is 0.530. The van der Waals surface area contributed by atoms with Crippen LogP contribution in [-0.2, 0) is 4.79 Å². The van der Waals surface area contributed by atoms with E-state index < -0.39 is 5.97 Å². The molecule has 1 saturated carbocycles. The average molecular weight is 153 g/mol. The summed E-state index contributed by atoms with van der Waals surface area (Å²) in [5.74, 6) is -0.548. The SMILES string of the molecule is NC1C(C(=O)O)[C@H]2C=C[C@@H]1C2. The monoisotopic (exact) mass is 153 g/mol. The van der Waals surface area contributed by atoms with Crippen molar-refractivity contribution < 1.29 is 9.90 Å². The number of carboxylic acids is 1. The van der Waals surface area contributed by atoms with Crippen molar-refractivity contribution in [2.75, 3.05) is 0 Å². The lowest BCUT2D eigenvalue weighted by Crippen LogP contribution is -2.38. The second-order valence-corrected chi connectivity index (χ2v) is 3.39. The van der Waals surface area contributed by atoms with E-state index in [0.29, 0.717) is 5.92 Å². The minimum absolute atomic E-state index is 0.150. The Morgan fingerprint density at radius 3 is 2.45 bits per heavy atom.